The molecule has 0 bridgehead atoms. The largest absolute Gasteiger partial charge is 0.497 e. The van der Waals surface area contributed by atoms with Crippen LogP contribution in [0.4, 0.5) is 0 Å². The summed E-state index contributed by atoms with van der Waals surface area (Å²) in [5, 5.41) is 4.41. The molecule has 0 radical (unpaired) electrons. The number of piperazine rings is 1. The van der Waals surface area contributed by atoms with Crippen molar-refractivity contribution in [1.29, 1.82) is 0 Å². The summed E-state index contributed by atoms with van der Waals surface area (Å²) < 4.78 is 7.05. The number of methoxy groups -OCH3 is 1. The molecule has 0 aliphatic carbocycles. The predicted molar refractivity (Wildman–Crippen MR) is 101 cm³/mol. The van der Waals surface area contributed by atoms with Gasteiger partial charge in [-0.25, -0.2) is 0 Å². The number of benzene rings is 1. The number of hydrogen-bond acceptors (Lipinski definition) is 4. The minimum atomic E-state index is 0.202. The first-order valence-electron chi connectivity index (χ1n) is 9.10. The molecule has 0 spiro atoms. The molecule has 140 valence electrons. The number of amides is 1. The van der Waals surface area contributed by atoms with Gasteiger partial charge in [-0.2, -0.15) is 5.10 Å². The van der Waals surface area contributed by atoms with Crippen LogP contribution in [0, 0.1) is 13.8 Å². The van der Waals surface area contributed by atoms with E-state index in [4.69, 9.17) is 4.74 Å². The lowest BCUT2D eigenvalue weighted by molar-refractivity contribution is -0.132. The van der Waals surface area contributed by atoms with Crippen molar-refractivity contribution in [1.82, 2.24) is 19.6 Å². The van der Waals surface area contributed by atoms with Crippen LogP contribution >= 0.6 is 0 Å². The van der Waals surface area contributed by atoms with Crippen molar-refractivity contribution >= 4 is 5.91 Å². The molecular formula is C20H28N4O2. The standard InChI is InChI=1S/C20H28N4O2/c1-15-19(16(2)22(3)21-15)13-20(25)24-11-9-23(10-12-24)14-17-5-7-18(26-4)8-6-17/h5-8H,9-14H2,1-4H3. The molecule has 6 heteroatoms. The Labute approximate surface area is 155 Å². The molecule has 26 heavy (non-hydrogen) atoms. The molecule has 2 heterocycles. The zero-order valence-corrected chi connectivity index (χ0v) is 16.2. The first-order valence-corrected chi connectivity index (χ1v) is 9.10. The van der Waals surface area contributed by atoms with Crippen molar-refractivity contribution in [2.75, 3.05) is 33.3 Å². The first-order chi connectivity index (χ1) is 12.5. The van der Waals surface area contributed by atoms with Crippen LogP contribution in [-0.4, -0.2) is 58.8 Å². The molecular weight excluding hydrogens is 328 g/mol. The molecule has 1 aliphatic heterocycles. The molecule has 1 amide bonds. The van der Waals surface area contributed by atoms with Gasteiger partial charge < -0.3 is 9.64 Å². The first kappa shape index (κ1) is 18.5. The van der Waals surface area contributed by atoms with E-state index < -0.39 is 0 Å². The summed E-state index contributed by atoms with van der Waals surface area (Å²) in [7, 11) is 3.61. The van der Waals surface area contributed by atoms with Gasteiger partial charge >= 0.3 is 0 Å². The Balaban J connectivity index is 1.52. The van der Waals surface area contributed by atoms with Gasteiger partial charge in [0, 0.05) is 51.0 Å². The van der Waals surface area contributed by atoms with Gasteiger partial charge in [0.1, 0.15) is 5.75 Å². The van der Waals surface area contributed by atoms with Crippen LogP contribution in [-0.2, 0) is 24.8 Å². The molecule has 0 N–H and O–H groups in total. The number of hydrogen-bond donors (Lipinski definition) is 0. The average molecular weight is 356 g/mol. The van der Waals surface area contributed by atoms with Crippen molar-refractivity contribution in [3.8, 4) is 5.75 Å². The summed E-state index contributed by atoms with van der Waals surface area (Å²) in [6.07, 6.45) is 0.448. The fourth-order valence-corrected chi connectivity index (χ4v) is 3.48. The molecule has 1 saturated heterocycles. The molecule has 0 atom stereocenters. The fraction of sp³-hybridized carbons (Fsp3) is 0.500. The van der Waals surface area contributed by atoms with Crippen LogP contribution in [0.1, 0.15) is 22.5 Å². The molecule has 1 fully saturated rings. The highest BCUT2D eigenvalue weighted by Gasteiger charge is 2.23. The molecule has 0 unspecified atom stereocenters. The Hall–Kier alpha value is -2.34. The van der Waals surface area contributed by atoms with Crippen LogP contribution in [0.15, 0.2) is 24.3 Å². The highest BCUT2D eigenvalue weighted by molar-refractivity contribution is 5.79. The number of carbonyl (C=O) groups is 1. The van der Waals surface area contributed by atoms with Gasteiger partial charge in [-0.1, -0.05) is 12.1 Å². The third kappa shape index (κ3) is 4.07. The molecule has 1 aromatic heterocycles. The van der Waals surface area contributed by atoms with E-state index in [-0.39, 0.29) is 5.91 Å². The van der Waals surface area contributed by atoms with Crippen molar-refractivity contribution < 1.29 is 9.53 Å². The topological polar surface area (TPSA) is 50.6 Å². The van der Waals surface area contributed by atoms with Crippen LogP contribution in [0.25, 0.3) is 0 Å². The normalized spacial score (nSPS) is 15.3. The molecule has 6 nitrogen and oxygen atoms in total. The van der Waals surface area contributed by atoms with Crippen LogP contribution in [0.2, 0.25) is 0 Å². The Morgan fingerprint density at radius 1 is 1.12 bits per heavy atom. The van der Waals surface area contributed by atoms with E-state index in [2.05, 4.69) is 22.1 Å². The zero-order chi connectivity index (χ0) is 18.7. The van der Waals surface area contributed by atoms with E-state index in [1.807, 2.05) is 42.6 Å². The van der Waals surface area contributed by atoms with Gasteiger partial charge in [0.25, 0.3) is 0 Å². The predicted octanol–water partition coefficient (Wildman–Crippen LogP) is 1.93. The molecule has 2 aromatic rings. The number of ether oxygens (including phenoxy) is 1. The van der Waals surface area contributed by atoms with Crippen molar-refractivity contribution in [2.24, 2.45) is 7.05 Å². The zero-order valence-electron chi connectivity index (χ0n) is 16.2. The Morgan fingerprint density at radius 2 is 1.77 bits per heavy atom. The number of carbonyl (C=O) groups excluding carboxylic acids is 1. The average Bonchev–Trinajstić information content (AvgIpc) is 2.89. The van der Waals surface area contributed by atoms with Crippen molar-refractivity contribution in [3.63, 3.8) is 0 Å². The minimum absolute atomic E-state index is 0.202. The second-order valence-electron chi connectivity index (χ2n) is 6.95. The Kier molecular flexibility index (Phi) is 5.61. The smallest absolute Gasteiger partial charge is 0.227 e. The fourth-order valence-electron chi connectivity index (χ4n) is 3.48. The third-order valence-corrected chi connectivity index (χ3v) is 5.28. The maximum absolute atomic E-state index is 12.7. The molecule has 0 saturated carbocycles. The highest BCUT2D eigenvalue weighted by atomic mass is 16.5. The van der Waals surface area contributed by atoms with E-state index in [0.717, 1.165) is 55.4 Å². The van der Waals surface area contributed by atoms with E-state index in [0.29, 0.717) is 6.42 Å². The summed E-state index contributed by atoms with van der Waals surface area (Å²) in [5.41, 5.74) is 4.37. The molecule has 1 aliphatic rings. The monoisotopic (exact) mass is 356 g/mol. The SMILES string of the molecule is COc1ccc(CN2CCN(C(=O)Cc3c(C)nn(C)c3C)CC2)cc1. The second kappa shape index (κ2) is 7.91. The van der Waals surface area contributed by atoms with Crippen molar-refractivity contribution in [2.45, 2.75) is 26.8 Å². The number of nitrogens with zero attached hydrogens (tertiary/aromatic N) is 4. The maximum atomic E-state index is 12.7. The van der Waals surface area contributed by atoms with E-state index >= 15 is 0 Å². The summed E-state index contributed by atoms with van der Waals surface area (Å²) in [5.74, 6) is 1.08. The lowest BCUT2D eigenvalue weighted by Crippen LogP contribution is -2.48. The molecule has 1 aromatic carbocycles. The van der Waals surface area contributed by atoms with Gasteiger partial charge in [-0.15, -0.1) is 0 Å². The van der Waals surface area contributed by atoms with Crippen LogP contribution in [0.3, 0.4) is 0 Å². The third-order valence-electron chi connectivity index (χ3n) is 5.28. The number of rotatable bonds is 5. The van der Waals surface area contributed by atoms with Gasteiger partial charge in [0.2, 0.25) is 5.91 Å². The van der Waals surface area contributed by atoms with Crippen LogP contribution in [0.5, 0.6) is 5.75 Å². The summed E-state index contributed by atoms with van der Waals surface area (Å²) >= 11 is 0. The Bertz CT molecular complexity index is 759. The summed E-state index contributed by atoms with van der Waals surface area (Å²) in [6, 6.07) is 8.19. The second-order valence-corrected chi connectivity index (χ2v) is 6.95. The van der Waals surface area contributed by atoms with E-state index in [1.54, 1.807) is 7.11 Å². The quantitative estimate of drug-likeness (QED) is 0.821. The molecule has 3 rings (SSSR count). The van der Waals surface area contributed by atoms with E-state index in [1.165, 1.54) is 5.56 Å². The Morgan fingerprint density at radius 3 is 2.31 bits per heavy atom. The summed E-state index contributed by atoms with van der Waals surface area (Å²) in [4.78, 5) is 17.1. The lowest BCUT2D eigenvalue weighted by atomic mass is 10.1. The van der Waals surface area contributed by atoms with Gasteiger partial charge in [0.15, 0.2) is 0 Å². The highest BCUT2D eigenvalue weighted by Crippen LogP contribution is 2.16. The minimum Gasteiger partial charge on any atom is -0.497 e. The van der Waals surface area contributed by atoms with Gasteiger partial charge in [-0.3, -0.25) is 14.4 Å². The van der Waals surface area contributed by atoms with E-state index in [9.17, 15) is 4.79 Å². The number of aryl methyl sites for hydroxylation is 2. The lowest BCUT2D eigenvalue weighted by Gasteiger charge is -2.35. The van der Waals surface area contributed by atoms with Crippen molar-refractivity contribution in [3.05, 3.63) is 46.8 Å². The summed E-state index contributed by atoms with van der Waals surface area (Å²) in [6.45, 7) is 8.29. The number of aromatic nitrogens is 2. The van der Waals surface area contributed by atoms with Gasteiger partial charge in [0.05, 0.1) is 19.2 Å². The van der Waals surface area contributed by atoms with Crippen LogP contribution < -0.4 is 4.74 Å². The maximum Gasteiger partial charge on any atom is 0.227 e. The van der Waals surface area contributed by atoms with Gasteiger partial charge in [-0.05, 0) is 31.5 Å².